The highest BCUT2D eigenvalue weighted by Crippen LogP contribution is 2.39. The van der Waals surface area contributed by atoms with E-state index in [1.807, 2.05) is 92.7 Å². The lowest BCUT2D eigenvalue weighted by Gasteiger charge is -2.45. The first-order chi connectivity index (χ1) is 39.4. The molecule has 1 saturated heterocycles. The number of rotatable bonds is 15. The third-order valence-corrected chi connectivity index (χ3v) is 14.9. The number of aliphatic hydroxyl groups is 1. The highest BCUT2D eigenvalue weighted by Gasteiger charge is 2.44. The molecule has 6 N–H and O–H groups in total. The summed E-state index contributed by atoms with van der Waals surface area (Å²) in [5.41, 5.74) is 9.33. The number of alkyl halides is 3. The molecule has 0 radical (unpaired) electrons. The van der Waals surface area contributed by atoms with Gasteiger partial charge in [0.2, 0.25) is 5.95 Å². The van der Waals surface area contributed by atoms with Gasteiger partial charge in [-0.25, -0.2) is 44.5 Å². The Bertz CT molecular complexity index is 3180. The molecule has 3 aliphatic rings. The molecule has 6 heterocycles. The van der Waals surface area contributed by atoms with Gasteiger partial charge in [-0.05, 0) is 108 Å². The van der Waals surface area contributed by atoms with Crippen molar-refractivity contribution in [1.29, 1.82) is 0 Å². The van der Waals surface area contributed by atoms with E-state index in [1.165, 1.54) is 19.1 Å². The molecular weight excluding hydrogens is 1060 g/mol. The van der Waals surface area contributed by atoms with Gasteiger partial charge in [0, 0.05) is 103 Å². The normalized spacial score (nSPS) is 19.2. The van der Waals surface area contributed by atoms with Crippen LogP contribution in [0.25, 0.3) is 22.3 Å². The second-order valence-electron chi connectivity index (χ2n) is 21.1. The molecule has 7 aromatic rings. The number of carbonyl (C=O) groups excluding carboxylic acids is 2. The molecule has 2 saturated carbocycles. The molecule has 0 unspecified atom stereocenters. The Kier molecular flexibility index (Phi) is 18.4. The van der Waals surface area contributed by atoms with Crippen molar-refractivity contribution in [1.82, 2.24) is 50.5 Å². The lowest BCUT2D eigenvalue weighted by atomic mass is 9.90. The van der Waals surface area contributed by atoms with E-state index in [4.69, 9.17) is 15.2 Å². The zero-order chi connectivity index (χ0) is 58.0. The number of ether oxygens (including phenoxy) is 2. The predicted octanol–water partition coefficient (Wildman–Crippen LogP) is 9.72. The van der Waals surface area contributed by atoms with Gasteiger partial charge in [0.05, 0.1) is 31.9 Å². The number of hydrogen-bond acceptors (Lipinski definition) is 16. The van der Waals surface area contributed by atoms with Crippen LogP contribution < -0.4 is 45.9 Å². The minimum atomic E-state index is -4.63. The fourth-order valence-corrected chi connectivity index (χ4v) is 10.4. The molecule has 2 atom stereocenters. The average Bonchev–Trinajstić information content (AvgIpc) is 3.69. The number of methoxy groups -OCH3 is 2. The number of nitrogens with two attached hydrogens (primary N) is 1. The van der Waals surface area contributed by atoms with Gasteiger partial charge < -0.3 is 41.2 Å². The Balaban J connectivity index is 0.000000213. The number of pyridine rings is 2. The Morgan fingerprint density at radius 2 is 1.05 bits per heavy atom. The van der Waals surface area contributed by atoms with E-state index in [-0.39, 0.29) is 79.2 Å². The third-order valence-electron chi connectivity index (χ3n) is 14.9. The molecule has 3 fully saturated rings. The van der Waals surface area contributed by atoms with Crippen LogP contribution in [0.4, 0.5) is 46.2 Å². The van der Waals surface area contributed by atoms with E-state index < -0.39 is 17.3 Å². The van der Waals surface area contributed by atoms with Crippen molar-refractivity contribution in [3.63, 3.8) is 0 Å². The van der Waals surface area contributed by atoms with Crippen LogP contribution in [0.1, 0.15) is 101 Å². The summed E-state index contributed by atoms with van der Waals surface area (Å²) in [5.74, 6) is 0.931. The summed E-state index contributed by atoms with van der Waals surface area (Å²) in [7, 11) is 3.02. The maximum Gasteiger partial charge on any atom is 0.421 e. The number of aromatic nitrogens is 8. The van der Waals surface area contributed by atoms with E-state index >= 15 is 0 Å². The number of carbonyl (C=O) groups is 2. The summed E-state index contributed by atoms with van der Waals surface area (Å²) in [6.07, 6.45) is 12.1. The SMILES string of the molecule is COc1ncc(-c2ccc(N(C(=O)N[C@H](C)c3ccccc3)C3CCC(N)CC3)nc2)cn1.COc1ncc(-c2ccc(N(C(=O)N[C@H](C)c3ccccc3)C3CCC(Nc4ncc(C(F)(F)F)c(N5CC(C)(O)C5)n4)CC3)nc2)cn1. The van der Waals surface area contributed by atoms with Crippen LogP contribution in [-0.4, -0.2) is 114 Å². The van der Waals surface area contributed by atoms with Crippen molar-refractivity contribution < 1.29 is 37.3 Å². The predicted molar refractivity (Wildman–Crippen MR) is 305 cm³/mol. The van der Waals surface area contributed by atoms with Gasteiger partial charge in [-0.1, -0.05) is 60.7 Å². The Labute approximate surface area is 474 Å². The van der Waals surface area contributed by atoms with Gasteiger partial charge in [0.1, 0.15) is 23.0 Å². The van der Waals surface area contributed by atoms with Crippen LogP contribution in [0.3, 0.4) is 0 Å². The highest BCUT2D eigenvalue weighted by atomic mass is 19.4. The number of halogens is 3. The minimum Gasteiger partial charge on any atom is -0.467 e. The lowest BCUT2D eigenvalue weighted by molar-refractivity contribution is -0.137. The molecule has 0 spiro atoms. The van der Waals surface area contributed by atoms with Crippen molar-refractivity contribution in [2.75, 3.05) is 47.3 Å². The van der Waals surface area contributed by atoms with E-state index in [2.05, 4.69) is 55.8 Å². The van der Waals surface area contributed by atoms with Crippen molar-refractivity contribution in [3.8, 4) is 34.3 Å². The number of nitrogens with zero attached hydrogens (tertiary/aromatic N) is 11. The first-order valence-corrected chi connectivity index (χ1v) is 27.3. The number of anilines is 4. The maximum absolute atomic E-state index is 13.9. The topological polar surface area (TPSA) is 248 Å². The molecular formula is C59H68F3N15O5. The van der Waals surface area contributed by atoms with Gasteiger partial charge in [-0.3, -0.25) is 9.80 Å². The monoisotopic (exact) mass is 1120 g/mol. The summed E-state index contributed by atoms with van der Waals surface area (Å²) in [6.45, 7) is 5.57. The van der Waals surface area contributed by atoms with Crippen LogP contribution in [-0.2, 0) is 6.18 Å². The number of benzene rings is 2. The number of amides is 4. The van der Waals surface area contributed by atoms with Crippen molar-refractivity contribution in [2.45, 2.75) is 120 Å². The van der Waals surface area contributed by atoms with Gasteiger partial charge in [-0.15, -0.1) is 0 Å². The summed E-state index contributed by atoms with van der Waals surface area (Å²) in [4.78, 5) is 66.4. The zero-order valence-corrected chi connectivity index (χ0v) is 46.4. The molecule has 2 aliphatic carbocycles. The molecule has 23 heteroatoms. The standard InChI is InChI=1S/C34H38F3N9O3.C25H30N6O2/c1-21(22-7-5-4-6-8-22)42-32(47)46(28-14-9-23(15-38-28)24-16-40-31(49-3)41-17-24)26-12-10-25(11-13-26)43-30-39-18-27(34(35,36)37)29(44-30)45-19-33(2,48)20-45;1-17(18-6-4-3-5-7-18)30-25(32)31(22-11-9-21(26)10-12-22)23-13-8-19(14-27-23)20-15-28-24(33-2)29-16-20/h4-9,14-18,21,25-26,48H,10-13,19-20H2,1-3H3,(H,42,47)(H,39,43,44);3-8,13-17,21-22H,9-12,26H2,1-2H3,(H,30,32)/t21-,25?,26?;17-,21?,22?/m11/s1. The number of hydrogen-bond donors (Lipinski definition) is 5. The quantitative estimate of drug-likeness (QED) is 0.0641. The number of β-amino-alcohol motifs (C(OH)–C–C–N with tert-alkyl or cyclic N) is 1. The van der Waals surface area contributed by atoms with Crippen LogP contribution in [0.2, 0.25) is 0 Å². The molecule has 5 aromatic heterocycles. The summed E-state index contributed by atoms with van der Waals surface area (Å²) in [5, 5.41) is 19.6. The summed E-state index contributed by atoms with van der Waals surface area (Å²) in [6, 6.07) is 26.7. The van der Waals surface area contributed by atoms with Gasteiger partial charge in [0.15, 0.2) is 0 Å². The van der Waals surface area contributed by atoms with Crippen LogP contribution in [0.15, 0.2) is 128 Å². The molecule has 430 valence electrons. The smallest absolute Gasteiger partial charge is 0.421 e. The van der Waals surface area contributed by atoms with Gasteiger partial charge in [0.25, 0.3) is 0 Å². The average molecular weight is 1120 g/mol. The van der Waals surface area contributed by atoms with Crippen molar-refractivity contribution in [3.05, 3.63) is 145 Å². The van der Waals surface area contributed by atoms with Crippen LogP contribution >= 0.6 is 0 Å². The summed E-state index contributed by atoms with van der Waals surface area (Å²) >= 11 is 0. The van der Waals surface area contributed by atoms with Crippen molar-refractivity contribution >= 4 is 35.5 Å². The minimum absolute atomic E-state index is 0.0430. The van der Waals surface area contributed by atoms with Crippen LogP contribution in [0, 0.1) is 0 Å². The molecule has 0 bridgehead atoms. The first-order valence-electron chi connectivity index (χ1n) is 27.3. The highest BCUT2D eigenvalue weighted by molar-refractivity contribution is 5.93. The molecule has 1 aliphatic heterocycles. The van der Waals surface area contributed by atoms with E-state index in [1.54, 1.807) is 60.0 Å². The fraction of sp³-hybridized carbons (Fsp3) is 0.390. The maximum atomic E-state index is 13.9. The zero-order valence-electron chi connectivity index (χ0n) is 46.4. The fourth-order valence-electron chi connectivity index (χ4n) is 10.4. The molecule has 4 amide bonds. The second-order valence-corrected chi connectivity index (χ2v) is 21.1. The van der Waals surface area contributed by atoms with Gasteiger partial charge >= 0.3 is 30.3 Å². The molecule has 20 nitrogen and oxygen atoms in total. The Morgan fingerprint density at radius 3 is 1.44 bits per heavy atom. The Morgan fingerprint density at radius 1 is 0.622 bits per heavy atom. The molecule has 82 heavy (non-hydrogen) atoms. The van der Waals surface area contributed by atoms with Crippen LogP contribution in [0.5, 0.6) is 12.0 Å². The Hall–Kier alpha value is -8.57. The molecule has 2 aromatic carbocycles. The van der Waals surface area contributed by atoms with Crippen molar-refractivity contribution in [2.24, 2.45) is 5.73 Å². The van der Waals surface area contributed by atoms with Gasteiger partial charge in [-0.2, -0.15) is 18.2 Å². The van der Waals surface area contributed by atoms with E-state index in [0.717, 1.165) is 65.3 Å². The lowest BCUT2D eigenvalue weighted by Crippen LogP contribution is -2.60. The van der Waals surface area contributed by atoms with E-state index in [9.17, 15) is 27.9 Å². The summed E-state index contributed by atoms with van der Waals surface area (Å²) < 4.78 is 51.3. The number of urea groups is 2. The van der Waals surface area contributed by atoms with E-state index in [0.29, 0.717) is 43.3 Å². The first kappa shape index (κ1) is 58.1. The molecule has 10 rings (SSSR count). The second kappa shape index (κ2) is 25.9. The largest absolute Gasteiger partial charge is 0.467 e. The number of nitrogens with one attached hydrogen (secondary N) is 3. The third kappa shape index (κ3) is 14.5.